The topological polar surface area (TPSA) is 26.0 Å². The summed E-state index contributed by atoms with van der Waals surface area (Å²) in [6.07, 6.45) is 17.0. The maximum Gasteiger partial charge on any atom is 0.00765 e. The second kappa shape index (κ2) is 8.79. The van der Waals surface area contributed by atoms with Crippen molar-refractivity contribution in [1.29, 1.82) is 0 Å². The van der Waals surface area contributed by atoms with Crippen LogP contribution in [0.4, 0.5) is 0 Å². The maximum atomic E-state index is 6.04. The summed E-state index contributed by atoms with van der Waals surface area (Å²) in [4.78, 5) is 0. The highest BCUT2D eigenvalue weighted by Gasteiger charge is 2.29. The van der Waals surface area contributed by atoms with E-state index < -0.39 is 0 Å². The van der Waals surface area contributed by atoms with Crippen LogP contribution >= 0.6 is 0 Å². The first-order chi connectivity index (χ1) is 9.12. The van der Waals surface area contributed by atoms with Gasteiger partial charge in [0.15, 0.2) is 0 Å². The molecule has 0 aliphatic heterocycles. The smallest absolute Gasteiger partial charge is 0.00765 e. The van der Waals surface area contributed by atoms with Crippen molar-refractivity contribution in [2.24, 2.45) is 11.1 Å². The Labute approximate surface area is 121 Å². The van der Waals surface area contributed by atoms with Crippen molar-refractivity contribution in [3.8, 4) is 0 Å². The molecule has 1 aliphatic carbocycles. The molecule has 0 saturated carbocycles. The van der Waals surface area contributed by atoms with E-state index in [1.165, 1.54) is 64.2 Å². The molecular weight excluding hydrogens is 230 g/mol. The number of hydrogen-bond acceptors (Lipinski definition) is 1. The quantitative estimate of drug-likeness (QED) is 0.427. The SMILES string of the molecule is CCCCCCC(C)(CCCC)C1=CCC(N)CC1. The van der Waals surface area contributed by atoms with Gasteiger partial charge in [0.25, 0.3) is 0 Å². The van der Waals surface area contributed by atoms with E-state index in [1.807, 2.05) is 0 Å². The molecule has 2 atom stereocenters. The van der Waals surface area contributed by atoms with Crippen LogP contribution in [0.1, 0.15) is 91.4 Å². The van der Waals surface area contributed by atoms with Gasteiger partial charge >= 0.3 is 0 Å². The molecule has 1 rings (SSSR count). The van der Waals surface area contributed by atoms with Crippen LogP contribution in [-0.2, 0) is 0 Å². The van der Waals surface area contributed by atoms with Crippen LogP contribution in [0.3, 0.4) is 0 Å². The van der Waals surface area contributed by atoms with Crippen molar-refractivity contribution in [2.75, 3.05) is 0 Å². The zero-order valence-electron chi connectivity index (χ0n) is 13.5. The normalized spacial score (nSPS) is 22.9. The summed E-state index contributed by atoms with van der Waals surface area (Å²) in [6, 6.07) is 0.416. The lowest BCUT2D eigenvalue weighted by Crippen LogP contribution is -2.27. The summed E-state index contributed by atoms with van der Waals surface area (Å²) in [5.41, 5.74) is 8.22. The number of unbranched alkanes of at least 4 members (excludes halogenated alkanes) is 4. The standard InChI is InChI=1S/C18H35N/c1-4-6-8-9-15-18(3,14-7-5-2)16-10-12-17(19)13-11-16/h10,17H,4-9,11-15,19H2,1-3H3. The van der Waals surface area contributed by atoms with Gasteiger partial charge in [0.1, 0.15) is 0 Å². The minimum atomic E-state index is 0.416. The molecule has 0 bridgehead atoms. The predicted octanol–water partition coefficient (Wildman–Crippen LogP) is 5.59. The second-order valence-corrected chi connectivity index (χ2v) is 6.74. The molecule has 0 spiro atoms. The van der Waals surface area contributed by atoms with Crippen LogP contribution in [-0.4, -0.2) is 6.04 Å². The summed E-state index contributed by atoms with van der Waals surface area (Å²) in [5, 5.41) is 0. The Morgan fingerprint density at radius 1 is 1.11 bits per heavy atom. The first kappa shape index (κ1) is 16.8. The van der Waals surface area contributed by atoms with Crippen LogP contribution in [0.15, 0.2) is 11.6 Å². The third kappa shape index (κ3) is 5.69. The predicted molar refractivity (Wildman–Crippen MR) is 86.3 cm³/mol. The molecule has 0 aromatic carbocycles. The van der Waals surface area contributed by atoms with Gasteiger partial charge in [-0.05, 0) is 37.5 Å². The van der Waals surface area contributed by atoms with Crippen LogP contribution in [0.5, 0.6) is 0 Å². The molecule has 1 aliphatic rings. The summed E-state index contributed by atoms with van der Waals surface area (Å²) in [6.45, 7) is 7.11. The molecule has 0 fully saturated rings. The van der Waals surface area contributed by atoms with Crippen molar-refractivity contribution < 1.29 is 0 Å². The highest BCUT2D eigenvalue weighted by atomic mass is 14.6. The number of nitrogens with two attached hydrogens (primary N) is 1. The largest absolute Gasteiger partial charge is 0.327 e. The van der Waals surface area contributed by atoms with Crippen molar-refractivity contribution in [3.63, 3.8) is 0 Å². The summed E-state index contributed by atoms with van der Waals surface area (Å²) >= 11 is 0. The highest BCUT2D eigenvalue weighted by Crippen LogP contribution is 2.42. The molecule has 0 saturated heterocycles. The minimum Gasteiger partial charge on any atom is -0.327 e. The van der Waals surface area contributed by atoms with Gasteiger partial charge in [-0.15, -0.1) is 0 Å². The zero-order chi connectivity index (χ0) is 14.1. The van der Waals surface area contributed by atoms with Gasteiger partial charge in [-0.3, -0.25) is 0 Å². The number of hydrogen-bond donors (Lipinski definition) is 1. The summed E-state index contributed by atoms with van der Waals surface area (Å²) in [5.74, 6) is 0. The summed E-state index contributed by atoms with van der Waals surface area (Å²) < 4.78 is 0. The zero-order valence-corrected chi connectivity index (χ0v) is 13.5. The lowest BCUT2D eigenvalue weighted by molar-refractivity contribution is 0.293. The van der Waals surface area contributed by atoms with Gasteiger partial charge in [0, 0.05) is 6.04 Å². The van der Waals surface area contributed by atoms with Crippen molar-refractivity contribution in [1.82, 2.24) is 0 Å². The van der Waals surface area contributed by atoms with Gasteiger partial charge in [-0.1, -0.05) is 70.9 Å². The fourth-order valence-electron chi connectivity index (χ4n) is 3.36. The molecule has 1 heteroatoms. The Morgan fingerprint density at radius 2 is 1.79 bits per heavy atom. The first-order valence-corrected chi connectivity index (χ1v) is 8.57. The van der Waals surface area contributed by atoms with E-state index in [-0.39, 0.29) is 0 Å². The van der Waals surface area contributed by atoms with Crippen LogP contribution < -0.4 is 5.73 Å². The fraction of sp³-hybridized carbons (Fsp3) is 0.889. The van der Waals surface area contributed by atoms with Gasteiger partial charge < -0.3 is 5.73 Å². The molecule has 0 radical (unpaired) electrons. The Balaban J connectivity index is 2.58. The molecule has 2 unspecified atom stereocenters. The van der Waals surface area contributed by atoms with Gasteiger partial charge in [-0.25, -0.2) is 0 Å². The van der Waals surface area contributed by atoms with E-state index in [0.29, 0.717) is 11.5 Å². The average Bonchev–Trinajstić information content (AvgIpc) is 2.42. The molecule has 1 nitrogen and oxygen atoms in total. The Kier molecular flexibility index (Phi) is 7.75. The molecule has 0 heterocycles. The van der Waals surface area contributed by atoms with E-state index in [4.69, 9.17) is 5.73 Å². The summed E-state index contributed by atoms with van der Waals surface area (Å²) in [7, 11) is 0. The van der Waals surface area contributed by atoms with E-state index in [0.717, 1.165) is 6.42 Å². The van der Waals surface area contributed by atoms with Crippen LogP contribution in [0.2, 0.25) is 0 Å². The number of rotatable bonds is 9. The lowest BCUT2D eigenvalue weighted by Gasteiger charge is -2.36. The molecular formula is C18H35N. The molecule has 2 N–H and O–H groups in total. The van der Waals surface area contributed by atoms with Gasteiger partial charge in [0.05, 0.1) is 0 Å². The third-order valence-corrected chi connectivity index (χ3v) is 4.89. The third-order valence-electron chi connectivity index (χ3n) is 4.89. The lowest BCUT2D eigenvalue weighted by atomic mass is 9.70. The van der Waals surface area contributed by atoms with Crippen LogP contribution in [0, 0.1) is 5.41 Å². The molecule has 0 amide bonds. The second-order valence-electron chi connectivity index (χ2n) is 6.74. The monoisotopic (exact) mass is 265 g/mol. The van der Waals surface area contributed by atoms with E-state index in [1.54, 1.807) is 5.57 Å². The number of allylic oxidation sites excluding steroid dienone is 1. The fourth-order valence-corrected chi connectivity index (χ4v) is 3.36. The van der Waals surface area contributed by atoms with E-state index in [9.17, 15) is 0 Å². The Bertz CT molecular complexity index is 269. The van der Waals surface area contributed by atoms with Crippen molar-refractivity contribution in [3.05, 3.63) is 11.6 Å². The van der Waals surface area contributed by atoms with E-state index >= 15 is 0 Å². The van der Waals surface area contributed by atoms with Gasteiger partial charge in [-0.2, -0.15) is 0 Å². The average molecular weight is 265 g/mol. The van der Waals surface area contributed by atoms with Gasteiger partial charge in [0.2, 0.25) is 0 Å². The van der Waals surface area contributed by atoms with E-state index in [2.05, 4.69) is 26.8 Å². The molecule has 112 valence electrons. The van der Waals surface area contributed by atoms with Crippen molar-refractivity contribution >= 4 is 0 Å². The Hall–Kier alpha value is -0.300. The minimum absolute atomic E-state index is 0.416. The molecule has 0 aromatic heterocycles. The molecule has 0 aromatic rings. The van der Waals surface area contributed by atoms with Crippen molar-refractivity contribution in [2.45, 2.75) is 97.4 Å². The molecule has 19 heavy (non-hydrogen) atoms. The van der Waals surface area contributed by atoms with Crippen LogP contribution in [0.25, 0.3) is 0 Å². The Morgan fingerprint density at radius 3 is 2.37 bits per heavy atom. The maximum absolute atomic E-state index is 6.04. The highest BCUT2D eigenvalue weighted by molar-refractivity contribution is 5.17. The first-order valence-electron chi connectivity index (χ1n) is 8.57.